The summed E-state index contributed by atoms with van der Waals surface area (Å²) in [5, 5.41) is 12.0. The minimum absolute atomic E-state index is 0.313. The number of aliphatic hydroxyl groups excluding tert-OH is 1. The first kappa shape index (κ1) is 24.6. The van der Waals surface area contributed by atoms with Gasteiger partial charge < -0.3 is 15.6 Å². The minimum Gasteiger partial charge on any atom is -0.494 e. The van der Waals surface area contributed by atoms with Gasteiger partial charge in [-0.15, -0.1) is 0 Å². The van der Waals surface area contributed by atoms with Gasteiger partial charge in [0.25, 0.3) is 0 Å². The highest BCUT2D eigenvalue weighted by atomic mass is 16.5. The molecule has 0 aliphatic heterocycles. The molecule has 0 radical (unpaired) electrons. The van der Waals surface area contributed by atoms with Crippen LogP contribution in [-0.4, -0.2) is 30.3 Å². The van der Waals surface area contributed by atoms with Crippen molar-refractivity contribution in [2.45, 2.75) is 46.2 Å². The van der Waals surface area contributed by atoms with Gasteiger partial charge in [-0.25, -0.2) is 0 Å². The third-order valence-electron chi connectivity index (χ3n) is 3.70. The van der Waals surface area contributed by atoms with Gasteiger partial charge in [-0.3, -0.25) is 10.1 Å². The smallest absolute Gasteiger partial charge is 0.236 e. The molecule has 1 unspecified atom stereocenters. The quantitative estimate of drug-likeness (QED) is 0.386. The average molecular weight is 375 g/mol. The fourth-order valence-electron chi connectivity index (χ4n) is 2.18. The number of primary amides is 1. The van der Waals surface area contributed by atoms with E-state index in [-0.39, 0.29) is 6.61 Å². The summed E-state index contributed by atoms with van der Waals surface area (Å²) in [5.41, 5.74) is 7.41. The number of carbonyl (C=O) groups excluding carboxylic acids is 1. The molecule has 0 saturated carbocycles. The van der Waals surface area contributed by atoms with Crippen LogP contribution in [0.2, 0.25) is 0 Å². The van der Waals surface area contributed by atoms with E-state index in [0.29, 0.717) is 13.2 Å². The van der Waals surface area contributed by atoms with Crippen LogP contribution in [0.4, 0.5) is 0 Å². The summed E-state index contributed by atoms with van der Waals surface area (Å²) in [5.74, 6) is 0.243. The van der Waals surface area contributed by atoms with Crippen LogP contribution >= 0.6 is 0 Å². The molecule has 0 fully saturated rings. The zero-order valence-corrected chi connectivity index (χ0v) is 16.8. The molecule has 0 saturated heterocycles. The molecule has 0 aromatic heterocycles. The molecule has 4 N–H and O–H groups in total. The van der Waals surface area contributed by atoms with Crippen molar-refractivity contribution >= 4 is 5.91 Å². The maximum absolute atomic E-state index is 11.0. The van der Waals surface area contributed by atoms with Gasteiger partial charge in [-0.05, 0) is 37.5 Å². The summed E-state index contributed by atoms with van der Waals surface area (Å²) in [6.07, 6.45) is 9.74. The summed E-state index contributed by atoms with van der Waals surface area (Å²) < 4.78 is 5.74. The summed E-state index contributed by atoms with van der Waals surface area (Å²) in [6.45, 7) is 10.5. The molecule has 0 aliphatic rings. The lowest BCUT2D eigenvalue weighted by atomic mass is 10.1. The highest BCUT2D eigenvalue weighted by Gasteiger charge is 2.12. The lowest BCUT2D eigenvalue weighted by Gasteiger charge is -2.13. The number of hydrogen-bond donors (Lipinski definition) is 3. The molecule has 27 heavy (non-hydrogen) atoms. The van der Waals surface area contributed by atoms with E-state index in [1.165, 1.54) is 5.57 Å². The van der Waals surface area contributed by atoms with Gasteiger partial charge in [-0.1, -0.05) is 62.4 Å². The Morgan fingerprint density at radius 1 is 1.33 bits per heavy atom. The Balaban J connectivity index is 0.00000326. The number of carbonyl (C=O) groups is 1. The van der Waals surface area contributed by atoms with Crippen LogP contribution in [0.3, 0.4) is 0 Å². The van der Waals surface area contributed by atoms with E-state index in [1.807, 2.05) is 51.1 Å². The second-order valence-electron chi connectivity index (χ2n) is 5.57. The summed E-state index contributed by atoms with van der Waals surface area (Å²) in [6, 6.07) is 6.89. The first-order valence-electron chi connectivity index (χ1n) is 9.40. The van der Waals surface area contributed by atoms with Crippen molar-refractivity contribution in [2.24, 2.45) is 5.73 Å². The molecule has 0 bridgehead atoms. The fraction of sp³-hybridized carbons (Fsp3) is 0.409. The Bertz CT molecular complexity index is 592. The summed E-state index contributed by atoms with van der Waals surface area (Å²) in [7, 11) is 0. The van der Waals surface area contributed by atoms with Crippen LogP contribution in [0.25, 0.3) is 0 Å². The van der Waals surface area contributed by atoms with Crippen LogP contribution in [0.5, 0.6) is 5.75 Å². The molecule has 5 nitrogen and oxygen atoms in total. The van der Waals surface area contributed by atoms with E-state index in [9.17, 15) is 4.79 Å². The predicted molar refractivity (Wildman–Crippen MR) is 113 cm³/mol. The molecular formula is C22H34N2O3. The molecule has 1 rings (SSSR count). The zero-order valence-electron chi connectivity index (χ0n) is 16.8. The monoisotopic (exact) mass is 374 g/mol. The second kappa shape index (κ2) is 15.9. The van der Waals surface area contributed by atoms with Crippen LogP contribution in [0.1, 0.15) is 39.2 Å². The van der Waals surface area contributed by atoms with Crippen molar-refractivity contribution in [3.8, 4) is 5.75 Å². The summed E-state index contributed by atoms with van der Waals surface area (Å²) in [4.78, 5) is 11.0. The van der Waals surface area contributed by atoms with E-state index >= 15 is 0 Å². The molecule has 1 atom stereocenters. The molecule has 5 heteroatoms. The van der Waals surface area contributed by atoms with Crippen LogP contribution < -0.4 is 15.8 Å². The van der Waals surface area contributed by atoms with E-state index in [0.717, 1.165) is 24.2 Å². The van der Waals surface area contributed by atoms with Crippen molar-refractivity contribution < 1.29 is 14.6 Å². The van der Waals surface area contributed by atoms with E-state index in [1.54, 1.807) is 6.08 Å². The number of nitrogens with one attached hydrogen (secondary N) is 1. The van der Waals surface area contributed by atoms with Gasteiger partial charge in [0.2, 0.25) is 5.91 Å². The number of hydrogen-bond acceptors (Lipinski definition) is 4. The Kier molecular flexibility index (Phi) is 14.5. The molecule has 1 aromatic rings. The normalized spacial score (nSPS) is 12.2. The number of rotatable bonds is 12. The molecule has 0 aliphatic carbocycles. The maximum atomic E-state index is 11.0. The molecule has 1 aromatic carbocycles. The highest BCUT2D eigenvalue weighted by molar-refractivity contribution is 5.79. The number of benzene rings is 1. The van der Waals surface area contributed by atoms with Crippen molar-refractivity contribution in [3.05, 3.63) is 66.3 Å². The van der Waals surface area contributed by atoms with Crippen LogP contribution in [0, 0.1) is 0 Å². The number of ether oxygens (including phenoxy) is 1. The molecule has 0 heterocycles. The van der Waals surface area contributed by atoms with Gasteiger partial charge >= 0.3 is 0 Å². The second-order valence-corrected chi connectivity index (χ2v) is 5.57. The Morgan fingerprint density at radius 3 is 2.52 bits per heavy atom. The first-order chi connectivity index (χ1) is 13.1. The largest absolute Gasteiger partial charge is 0.494 e. The van der Waals surface area contributed by atoms with Gasteiger partial charge in [0.15, 0.2) is 0 Å². The van der Waals surface area contributed by atoms with Crippen LogP contribution in [0.15, 0.2) is 60.7 Å². The van der Waals surface area contributed by atoms with E-state index in [4.69, 9.17) is 15.6 Å². The van der Waals surface area contributed by atoms with Crippen molar-refractivity contribution in [1.82, 2.24) is 5.32 Å². The van der Waals surface area contributed by atoms with Gasteiger partial charge in [0, 0.05) is 6.54 Å². The lowest BCUT2D eigenvalue weighted by Crippen LogP contribution is -2.43. The number of amides is 1. The molecular weight excluding hydrogens is 340 g/mol. The van der Waals surface area contributed by atoms with Crippen molar-refractivity contribution in [1.29, 1.82) is 0 Å². The van der Waals surface area contributed by atoms with E-state index in [2.05, 4.69) is 24.0 Å². The fourth-order valence-corrected chi connectivity index (χ4v) is 2.18. The van der Waals surface area contributed by atoms with E-state index < -0.39 is 11.9 Å². The topological polar surface area (TPSA) is 84.6 Å². The van der Waals surface area contributed by atoms with Crippen LogP contribution in [-0.2, 0) is 11.3 Å². The Morgan fingerprint density at radius 2 is 2.00 bits per heavy atom. The number of allylic oxidation sites excluding steroid dienone is 5. The number of nitrogens with two attached hydrogens (primary N) is 1. The SMILES string of the molecule is C=C/C=C\C(=C/C)CCCOc1ccc(CNC(CO)C(N)=O)cc1.CC. The summed E-state index contributed by atoms with van der Waals surface area (Å²) >= 11 is 0. The lowest BCUT2D eigenvalue weighted by molar-refractivity contribution is -0.120. The van der Waals surface area contributed by atoms with Gasteiger partial charge in [0.05, 0.1) is 13.2 Å². The highest BCUT2D eigenvalue weighted by Crippen LogP contribution is 2.14. The van der Waals surface area contributed by atoms with Gasteiger partial charge in [0.1, 0.15) is 11.8 Å². The third kappa shape index (κ3) is 11.1. The predicted octanol–water partition coefficient (Wildman–Crippen LogP) is 3.50. The zero-order chi connectivity index (χ0) is 20.5. The van der Waals surface area contributed by atoms with Crippen molar-refractivity contribution in [3.63, 3.8) is 0 Å². The third-order valence-corrected chi connectivity index (χ3v) is 3.70. The number of aliphatic hydroxyl groups is 1. The first-order valence-corrected chi connectivity index (χ1v) is 9.40. The van der Waals surface area contributed by atoms with Gasteiger partial charge in [-0.2, -0.15) is 0 Å². The molecule has 1 amide bonds. The maximum Gasteiger partial charge on any atom is 0.236 e. The Hall–Kier alpha value is -2.37. The Labute approximate surface area is 163 Å². The molecule has 150 valence electrons. The average Bonchev–Trinajstić information content (AvgIpc) is 2.70. The standard InChI is InChI=1S/C20H28N2O3.C2H6/c1-3-5-7-16(4-2)8-6-13-25-18-11-9-17(10-12-18)14-22-19(15-23)20(21)24;1-2/h3-5,7,9-12,19,22-23H,1,6,8,13-15H2,2H3,(H2,21,24);1-2H3/b7-5-,16-4+;. The molecule has 0 spiro atoms. The minimum atomic E-state index is -0.730. The van der Waals surface area contributed by atoms with Crippen molar-refractivity contribution in [2.75, 3.05) is 13.2 Å².